The van der Waals surface area contributed by atoms with Crippen molar-refractivity contribution < 1.29 is 26.2 Å². The molecule has 0 heterocycles. The van der Waals surface area contributed by atoms with Gasteiger partial charge in [-0.05, 0) is 10.8 Å². The van der Waals surface area contributed by atoms with Crippen LogP contribution in [0, 0.1) is 23.0 Å². The topological polar surface area (TPSA) is 0 Å². The molecule has 0 nitrogen and oxygen atoms in total. The molecule has 0 aromatic rings. The van der Waals surface area contributed by atoms with Gasteiger partial charge in [-0.1, -0.05) is 49.0 Å². The van der Waals surface area contributed by atoms with Crippen LogP contribution < -0.4 is 0 Å². The monoisotopic (exact) mass is 420 g/mol. The normalized spacial score (nSPS) is 15.0. The summed E-state index contributed by atoms with van der Waals surface area (Å²) in [4.78, 5) is 0. The Morgan fingerprint density at radius 3 is 1.09 bits per heavy atom. The van der Waals surface area contributed by atoms with E-state index < -0.39 is 0 Å². The van der Waals surface area contributed by atoms with E-state index in [1.807, 2.05) is 0 Å². The van der Waals surface area contributed by atoms with E-state index in [0.717, 1.165) is 12.8 Å². The van der Waals surface area contributed by atoms with Crippen molar-refractivity contribution >= 4 is 24.8 Å². The predicted octanol–water partition coefficient (Wildman–Crippen LogP) is 6.92. The Bertz CT molecular complexity index is 362. The van der Waals surface area contributed by atoms with Crippen LogP contribution in [0.15, 0.2) is 35.5 Å². The maximum atomic E-state index is 3.30. The van der Waals surface area contributed by atoms with Gasteiger partial charge in [-0.3, -0.25) is 12.2 Å². The van der Waals surface area contributed by atoms with Crippen molar-refractivity contribution in [2.24, 2.45) is 10.8 Å². The summed E-state index contributed by atoms with van der Waals surface area (Å²) in [5, 5.41) is 0. The third-order valence-electron chi connectivity index (χ3n) is 3.01. The fourth-order valence-corrected chi connectivity index (χ4v) is 1.84. The molecule has 0 bridgehead atoms. The molecule has 0 N–H and O–H groups in total. The first-order chi connectivity index (χ1) is 8.21. The molecule has 2 aliphatic carbocycles. The van der Waals surface area contributed by atoms with E-state index in [9.17, 15) is 0 Å². The van der Waals surface area contributed by atoms with Crippen molar-refractivity contribution in [3.8, 4) is 0 Å². The van der Waals surface area contributed by atoms with Crippen LogP contribution in [0.25, 0.3) is 0 Å². The third kappa shape index (κ3) is 11.0. The summed E-state index contributed by atoms with van der Waals surface area (Å²) in [7, 11) is 0. The zero-order valence-electron chi connectivity index (χ0n) is 14.0. The van der Waals surface area contributed by atoms with Crippen molar-refractivity contribution in [3.63, 3.8) is 0 Å². The van der Waals surface area contributed by atoms with Gasteiger partial charge in [-0.15, -0.1) is 37.7 Å². The minimum absolute atomic E-state index is 0. The van der Waals surface area contributed by atoms with Gasteiger partial charge >= 0.3 is 26.2 Å². The van der Waals surface area contributed by atoms with Crippen molar-refractivity contribution in [3.05, 3.63) is 47.6 Å². The maximum absolute atomic E-state index is 3.30. The predicted molar refractivity (Wildman–Crippen MR) is 101 cm³/mol. The molecular weight excluding hydrogens is 390 g/mol. The Morgan fingerprint density at radius 1 is 0.727 bits per heavy atom. The van der Waals surface area contributed by atoms with Crippen LogP contribution in [-0.4, -0.2) is 0 Å². The zero-order valence-corrected chi connectivity index (χ0v) is 18.1. The van der Waals surface area contributed by atoms with Gasteiger partial charge < -0.3 is 0 Å². The second kappa shape index (κ2) is 12.8. The van der Waals surface area contributed by atoms with E-state index in [1.165, 1.54) is 11.1 Å². The number of hydrogen-bond acceptors (Lipinski definition) is 0. The summed E-state index contributed by atoms with van der Waals surface area (Å²) in [6.07, 6.45) is 17.3. The Kier molecular flexibility index (Phi) is 17.6. The van der Waals surface area contributed by atoms with Gasteiger partial charge in [0.05, 0.1) is 0 Å². The molecule has 0 saturated heterocycles. The molecule has 0 saturated carbocycles. The van der Waals surface area contributed by atoms with Crippen molar-refractivity contribution in [1.29, 1.82) is 0 Å². The molecule has 0 radical (unpaired) electrons. The molecule has 0 aliphatic heterocycles. The molecule has 2 rings (SSSR count). The standard InChI is InChI=1S/2C9H13.CH4.2ClH.Zr/c2*1-9(2,3)8-6-4-5-7-8;;;;/h2*4,6H,5H2,1-3H3;1H4;2*1H;/q2*-1;;;;+2. The van der Waals surface area contributed by atoms with Gasteiger partial charge in [0.15, 0.2) is 0 Å². The fraction of sp³-hybridized carbons (Fsp3) is 0.579. The van der Waals surface area contributed by atoms with Gasteiger partial charge in [0, 0.05) is 0 Å². The molecule has 0 aromatic carbocycles. The van der Waals surface area contributed by atoms with Gasteiger partial charge in [0.1, 0.15) is 0 Å². The minimum atomic E-state index is 0. The summed E-state index contributed by atoms with van der Waals surface area (Å²) in [5.41, 5.74) is 3.30. The van der Waals surface area contributed by atoms with Crippen molar-refractivity contribution in [2.75, 3.05) is 0 Å². The Hall–Kier alpha value is 0.423. The smallest absolute Gasteiger partial charge is 0.269 e. The SMILES string of the molecule is C.CC(C)(C)C1=[C-]CC=C1.CC(C)(C)C1=[C-]CC=C1.Cl.Cl.[Zr+2]. The fourth-order valence-electron chi connectivity index (χ4n) is 1.84. The van der Waals surface area contributed by atoms with E-state index >= 15 is 0 Å². The van der Waals surface area contributed by atoms with Crippen LogP contribution in [0.4, 0.5) is 0 Å². The first-order valence-electron chi connectivity index (χ1n) is 6.77. The molecule has 0 atom stereocenters. The number of halogens is 2. The second-order valence-electron chi connectivity index (χ2n) is 6.89. The van der Waals surface area contributed by atoms with Crippen molar-refractivity contribution in [2.45, 2.75) is 61.8 Å². The van der Waals surface area contributed by atoms with Crippen LogP contribution in [-0.2, 0) is 26.2 Å². The molecule has 0 fully saturated rings. The average Bonchev–Trinajstić information content (AvgIpc) is 2.91. The number of hydrogen-bond donors (Lipinski definition) is 0. The summed E-state index contributed by atoms with van der Waals surface area (Å²) >= 11 is 0. The first-order valence-corrected chi connectivity index (χ1v) is 6.77. The van der Waals surface area contributed by atoms with Crippen LogP contribution in [0.2, 0.25) is 0 Å². The molecule has 0 aromatic heterocycles. The van der Waals surface area contributed by atoms with Crippen LogP contribution in [0.1, 0.15) is 61.8 Å². The number of rotatable bonds is 0. The van der Waals surface area contributed by atoms with Gasteiger partial charge in [-0.25, -0.2) is 23.3 Å². The van der Waals surface area contributed by atoms with Crippen LogP contribution >= 0.6 is 24.8 Å². The van der Waals surface area contributed by atoms with Crippen molar-refractivity contribution in [1.82, 2.24) is 0 Å². The quantitative estimate of drug-likeness (QED) is 0.372. The molecule has 3 heteroatoms. The summed E-state index contributed by atoms with van der Waals surface area (Å²) in [6, 6.07) is 0. The molecule has 22 heavy (non-hydrogen) atoms. The average molecular weight is 423 g/mol. The second-order valence-corrected chi connectivity index (χ2v) is 6.89. The Balaban J connectivity index is -0.000000125. The van der Waals surface area contributed by atoms with E-state index in [-0.39, 0.29) is 58.4 Å². The first kappa shape index (κ1) is 30.3. The summed E-state index contributed by atoms with van der Waals surface area (Å²) in [6.45, 7) is 13.3. The summed E-state index contributed by atoms with van der Waals surface area (Å²) in [5.74, 6) is 0. The minimum Gasteiger partial charge on any atom is -0.269 e. The van der Waals surface area contributed by atoms with Gasteiger partial charge in [0.2, 0.25) is 0 Å². The van der Waals surface area contributed by atoms with E-state index in [2.05, 4.69) is 78.0 Å². The zero-order chi connectivity index (χ0) is 13.8. The maximum Gasteiger partial charge on any atom is 2.00 e. The van der Waals surface area contributed by atoms with Crippen LogP contribution in [0.3, 0.4) is 0 Å². The molecular formula is C19H32Cl2Zr. The molecule has 126 valence electrons. The van der Waals surface area contributed by atoms with E-state index in [0.29, 0.717) is 10.8 Å². The molecule has 0 amide bonds. The Labute approximate surface area is 170 Å². The van der Waals surface area contributed by atoms with Crippen LogP contribution in [0.5, 0.6) is 0 Å². The van der Waals surface area contributed by atoms with E-state index in [1.54, 1.807) is 0 Å². The van der Waals surface area contributed by atoms with Gasteiger partial charge in [0.25, 0.3) is 0 Å². The third-order valence-corrected chi connectivity index (χ3v) is 3.01. The van der Waals surface area contributed by atoms with Gasteiger partial charge in [-0.2, -0.15) is 12.2 Å². The summed E-state index contributed by atoms with van der Waals surface area (Å²) < 4.78 is 0. The molecule has 0 unspecified atom stereocenters. The van der Waals surface area contributed by atoms with E-state index in [4.69, 9.17) is 0 Å². The molecule has 2 aliphatic rings. The largest absolute Gasteiger partial charge is 2.00 e. The Morgan fingerprint density at radius 2 is 1.00 bits per heavy atom. The molecule has 0 spiro atoms. The number of allylic oxidation sites excluding steroid dienone is 8.